The lowest BCUT2D eigenvalue weighted by Crippen LogP contribution is -2.37. The maximum absolute atomic E-state index is 12.6. The van der Waals surface area contributed by atoms with Crippen LogP contribution in [0.5, 0.6) is 0 Å². The number of carbonyl (C=O) groups is 1. The van der Waals surface area contributed by atoms with Crippen molar-refractivity contribution in [3.8, 4) is 0 Å². The average Bonchev–Trinajstić information content (AvgIpc) is 3.40. The number of aryl methyl sites for hydroxylation is 1. The number of piperidine rings is 1. The first-order valence-corrected chi connectivity index (χ1v) is 10.2. The van der Waals surface area contributed by atoms with Gasteiger partial charge in [0.15, 0.2) is 0 Å². The zero-order chi connectivity index (χ0) is 18.7. The molecule has 0 unspecified atom stereocenters. The van der Waals surface area contributed by atoms with Crippen molar-refractivity contribution >= 4 is 5.91 Å². The summed E-state index contributed by atoms with van der Waals surface area (Å²) >= 11 is 0. The van der Waals surface area contributed by atoms with Gasteiger partial charge in [-0.1, -0.05) is 54.6 Å². The van der Waals surface area contributed by atoms with E-state index in [0.717, 1.165) is 51.9 Å². The van der Waals surface area contributed by atoms with E-state index in [1.54, 1.807) is 0 Å². The zero-order valence-electron chi connectivity index (χ0n) is 16.3. The third-order valence-electron chi connectivity index (χ3n) is 6.57. The van der Waals surface area contributed by atoms with Crippen LogP contribution in [0.15, 0.2) is 54.6 Å². The third-order valence-corrected chi connectivity index (χ3v) is 6.57. The Bertz CT molecular complexity index is 778. The Labute approximate surface area is 162 Å². The van der Waals surface area contributed by atoms with E-state index in [1.807, 2.05) is 6.07 Å². The molecule has 1 spiro atoms. The lowest BCUT2D eigenvalue weighted by molar-refractivity contribution is -0.123. The molecule has 0 radical (unpaired) electrons. The lowest BCUT2D eigenvalue weighted by atomic mass is 9.90. The van der Waals surface area contributed by atoms with E-state index in [-0.39, 0.29) is 11.8 Å². The van der Waals surface area contributed by atoms with Crippen LogP contribution >= 0.6 is 0 Å². The fourth-order valence-electron chi connectivity index (χ4n) is 4.55. The number of nitrogens with one attached hydrogen (secondary N) is 1. The van der Waals surface area contributed by atoms with Gasteiger partial charge in [0, 0.05) is 19.0 Å². The van der Waals surface area contributed by atoms with E-state index in [9.17, 15) is 4.79 Å². The predicted octanol–water partition coefficient (Wildman–Crippen LogP) is 3.96. The Morgan fingerprint density at radius 1 is 1.07 bits per heavy atom. The second-order valence-electron chi connectivity index (χ2n) is 8.35. The Morgan fingerprint density at radius 3 is 2.52 bits per heavy atom. The number of likely N-dealkylation sites (tertiary alicyclic amines) is 1. The quantitative estimate of drug-likeness (QED) is 0.844. The lowest BCUT2D eigenvalue weighted by Gasteiger charge is -2.33. The van der Waals surface area contributed by atoms with Crippen molar-refractivity contribution in [2.24, 2.45) is 11.3 Å². The summed E-state index contributed by atoms with van der Waals surface area (Å²) in [5.41, 5.74) is 4.38. The molecule has 1 saturated heterocycles. The van der Waals surface area contributed by atoms with Crippen LogP contribution in [0.25, 0.3) is 0 Å². The van der Waals surface area contributed by atoms with Crippen molar-refractivity contribution in [2.45, 2.75) is 39.2 Å². The Balaban J connectivity index is 1.22. The van der Waals surface area contributed by atoms with Crippen molar-refractivity contribution in [1.82, 2.24) is 10.2 Å². The smallest absolute Gasteiger partial charge is 0.223 e. The van der Waals surface area contributed by atoms with Gasteiger partial charge in [0.2, 0.25) is 5.91 Å². The number of hydrogen-bond acceptors (Lipinski definition) is 2. The summed E-state index contributed by atoms with van der Waals surface area (Å²) in [6, 6.07) is 19.0. The molecule has 1 heterocycles. The molecule has 3 heteroatoms. The van der Waals surface area contributed by atoms with Gasteiger partial charge in [-0.2, -0.15) is 0 Å². The fraction of sp³-hybridized carbons (Fsp3) is 0.458. The van der Waals surface area contributed by atoms with Gasteiger partial charge < -0.3 is 5.32 Å². The van der Waals surface area contributed by atoms with Crippen LogP contribution in [-0.4, -0.2) is 30.4 Å². The minimum Gasteiger partial charge on any atom is -0.356 e. The molecule has 4 rings (SSSR count). The van der Waals surface area contributed by atoms with Gasteiger partial charge in [-0.15, -0.1) is 0 Å². The van der Waals surface area contributed by atoms with Crippen LogP contribution in [0.2, 0.25) is 0 Å². The molecule has 0 aromatic heterocycles. The number of hydrogen-bond donors (Lipinski definition) is 1. The minimum absolute atomic E-state index is 0.244. The molecule has 3 nitrogen and oxygen atoms in total. The zero-order valence-corrected chi connectivity index (χ0v) is 16.3. The van der Waals surface area contributed by atoms with Crippen LogP contribution in [0, 0.1) is 18.3 Å². The van der Waals surface area contributed by atoms with E-state index in [4.69, 9.17) is 0 Å². The molecule has 2 aromatic carbocycles. The van der Waals surface area contributed by atoms with E-state index in [2.05, 4.69) is 65.7 Å². The number of carbonyl (C=O) groups excluding carboxylic acids is 1. The SMILES string of the molecule is Cc1ccccc1CN1CCC2(CC1)C[C@@H]2C(=O)NCCc1ccccc1. The summed E-state index contributed by atoms with van der Waals surface area (Å²) in [5.74, 6) is 0.521. The molecule has 2 fully saturated rings. The molecule has 142 valence electrons. The molecule has 1 atom stereocenters. The van der Waals surface area contributed by atoms with Crippen molar-refractivity contribution in [2.75, 3.05) is 19.6 Å². The summed E-state index contributed by atoms with van der Waals surface area (Å²) in [6.45, 7) is 6.20. The fourth-order valence-corrected chi connectivity index (χ4v) is 4.55. The van der Waals surface area contributed by atoms with Crippen molar-refractivity contribution in [1.29, 1.82) is 0 Å². The van der Waals surface area contributed by atoms with Gasteiger partial charge in [0.25, 0.3) is 0 Å². The van der Waals surface area contributed by atoms with Gasteiger partial charge in [-0.05, 0) is 67.8 Å². The average molecular weight is 363 g/mol. The topological polar surface area (TPSA) is 32.3 Å². The second-order valence-corrected chi connectivity index (χ2v) is 8.35. The standard InChI is InChI=1S/C24H30N2O/c1-19-7-5-6-10-21(19)18-26-15-12-24(13-16-26)17-22(24)23(27)25-14-11-20-8-3-2-4-9-20/h2-10,22H,11-18H2,1H3,(H,25,27)/t22-/m1/s1. The minimum atomic E-state index is 0.244. The predicted molar refractivity (Wildman–Crippen MR) is 109 cm³/mol. The number of amides is 1. The van der Waals surface area contributed by atoms with Crippen LogP contribution in [0.4, 0.5) is 0 Å². The largest absolute Gasteiger partial charge is 0.356 e. The van der Waals surface area contributed by atoms with Gasteiger partial charge in [0.05, 0.1) is 0 Å². The normalized spacial score (nSPS) is 21.1. The first-order valence-electron chi connectivity index (χ1n) is 10.2. The molecule has 1 N–H and O–H groups in total. The van der Waals surface area contributed by atoms with Gasteiger partial charge in [0.1, 0.15) is 0 Å². The second kappa shape index (κ2) is 7.85. The number of rotatable bonds is 6. The Hall–Kier alpha value is -2.13. The van der Waals surface area contributed by atoms with Crippen LogP contribution < -0.4 is 5.32 Å². The molecule has 1 aliphatic heterocycles. The number of benzene rings is 2. The molecule has 0 bridgehead atoms. The highest BCUT2D eigenvalue weighted by Crippen LogP contribution is 2.59. The van der Waals surface area contributed by atoms with Crippen molar-refractivity contribution < 1.29 is 4.79 Å². The van der Waals surface area contributed by atoms with Crippen molar-refractivity contribution in [3.05, 3.63) is 71.3 Å². The van der Waals surface area contributed by atoms with Crippen molar-refractivity contribution in [3.63, 3.8) is 0 Å². The third kappa shape index (κ3) is 4.24. The van der Waals surface area contributed by atoms with E-state index in [1.165, 1.54) is 16.7 Å². The van der Waals surface area contributed by atoms with Crippen LogP contribution in [0.1, 0.15) is 36.0 Å². The highest BCUT2D eigenvalue weighted by Gasteiger charge is 2.58. The van der Waals surface area contributed by atoms with Crippen LogP contribution in [-0.2, 0) is 17.8 Å². The molecule has 2 aromatic rings. The maximum atomic E-state index is 12.6. The van der Waals surface area contributed by atoms with Crippen LogP contribution in [0.3, 0.4) is 0 Å². The van der Waals surface area contributed by atoms with Gasteiger partial charge >= 0.3 is 0 Å². The first-order chi connectivity index (χ1) is 13.2. The Kier molecular flexibility index (Phi) is 5.31. The summed E-state index contributed by atoms with van der Waals surface area (Å²) < 4.78 is 0. The summed E-state index contributed by atoms with van der Waals surface area (Å²) in [4.78, 5) is 15.1. The molecular weight excluding hydrogens is 332 g/mol. The molecule has 1 saturated carbocycles. The summed E-state index contributed by atoms with van der Waals surface area (Å²) in [5, 5.41) is 3.17. The van der Waals surface area contributed by atoms with E-state index in [0.29, 0.717) is 5.41 Å². The number of nitrogens with zero attached hydrogens (tertiary/aromatic N) is 1. The highest BCUT2D eigenvalue weighted by atomic mass is 16.2. The highest BCUT2D eigenvalue weighted by molar-refractivity contribution is 5.82. The molecule has 2 aliphatic rings. The summed E-state index contributed by atoms with van der Waals surface area (Å²) in [7, 11) is 0. The molecule has 27 heavy (non-hydrogen) atoms. The molecular formula is C24H30N2O. The molecule has 1 amide bonds. The van der Waals surface area contributed by atoms with E-state index >= 15 is 0 Å². The molecule has 1 aliphatic carbocycles. The Morgan fingerprint density at radius 2 is 1.78 bits per heavy atom. The monoisotopic (exact) mass is 362 g/mol. The maximum Gasteiger partial charge on any atom is 0.223 e. The summed E-state index contributed by atoms with van der Waals surface area (Å²) in [6.07, 6.45) is 4.32. The van der Waals surface area contributed by atoms with E-state index < -0.39 is 0 Å². The van der Waals surface area contributed by atoms with Gasteiger partial charge in [-0.3, -0.25) is 9.69 Å². The van der Waals surface area contributed by atoms with Gasteiger partial charge in [-0.25, -0.2) is 0 Å². The first kappa shape index (κ1) is 18.2.